The predicted octanol–water partition coefficient (Wildman–Crippen LogP) is 3.55. The number of carbonyl (C=O) groups excluding carboxylic acids is 3. The Kier molecular flexibility index (Phi) is 13.1. The first-order valence-electron chi connectivity index (χ1n) is 12.0. The molecule has 0 saturated carbocycles. The molecule has 0 radical (unpaired) electrons. The molecule has 0 fully saturated rings. The van der Waals surface area contributed by atoms with E-state index in [-0.39, 0.29) is 30.6 Å². The van der Waals surface area contributed by atoms with E-state index in [1.807, 2.05) is 70.2 Å². The largest absolute Gasteiger partial charge is 0.393 e. The zero-order chi connectivity index (χ0) is 25.7. The van der Waals surface area contributed by atoms with Crippen LogP contribution in [0, 0.1) is 23.7 Å². The summed E-state index contributed by atoms with van der Waals surface area (Å²) in [4.78, 5) is 38.7. The maximum Gasteiger partial charge on any atom is 0.247 e. The van der Waals surface area contributed by atoms with Crippen LogP contribution in [0.15, 0.2) is 36.4 Å². The molecule has 3 amide bonds. The molecule has 8 heteroatoms. The number of hydrazine groups is 1. The lowest BCUT2D eigenvalue weighted by atomic mass is 9.82. The molecule has 34 heavy (non-hydrogen) atoms. The van der Waals surface area contributed by atoms with Crippen molar-refractivity contribution in [3.8, 4) is 0 Å². The first kappa shape index (κ1) is 29.3. The highest BCUT2D eigenvalue weighted by Crippen LogP contribution is 2.26. The number of allylic oxidation sites excluding steroid dienone is 1. The molecule has 3 atom stereocenters. The number of amides is 3. The number of aliphatic hydroxyl groups excluding tert-OH is 1. The number of aliphatic hydroxyl groups is 1. The third kappa shape index (κ3) is 10.9. The normalized spacial score (nSPS) is 14.1. The molecule has 0 spiro atoms. The summed E-state index contributed by atoms with van der Waals surface area (Å²) in [5.74, 6) is -2.75. The number of nitrogens with zero attached hydrogens (tertiary/aromatic N) is 1. The summed E-state index contributed by atoms with van der Waals surface area (Å²) in [5, 5.41) is 20.2. The van der Waals surface area contributed by atoms with E-state index in [0.29, 0.717) is 19.4 Å². The van der Waals surface area contributed by atoms with Crippen molar-refractivity contribution in [2.75, 3.05) is 6.54 Å². The quantitative estimate of drug-likeness (QED) is 0.257. The average molecular weight is 476 g/mol. The third-order valence-corrected chi connectivity index (χ3v) is 5.36. The monoisotopic (exact) mass is 475 g/mol. The first-order chi connectivity index (χ1) is 16.0. The fourth-order valence-electron chi connectivity index (χ4n) is 3.67. The SMILES string of the molecule is CC(C)C[C@@H](C(=O)NN(CC(C)C)C(=O)CCC(C)O)[C@H](C/C=C/c1ccccc1)C(=O)NO. The first-order valence-corrected chi connectivity index (χ1v) is 12.0. The van der Waals surface area contributed by atoms with E-state index in [1.165, 1.54) is 5.01 Å². The van der Waals surface area contributed by atoms with Gasteiger partial charge in [0, 0.05) is 13.0 Å². The highest BCUT2D eigenvalue weighted by atomic mass is 16.5. The van der Waals surface area contributed by atoms with Crippen molar-refractivity contribution in [3.63, 3.8) is 0 Å². The van der Waals surface area contributed by atoms with Crippen molar-refractivity contribution >= 4 is 23.8 Å². The van der Waals surface area contributed by atoms with Gasteiger partial charge in [0.25, 0.3) is 0 Å². The second kappa shape index (κ2) is 15.2. The van der Waals surface area contributed by atoms with Crippen LogP contribution in [-0.2, 0) is 14.4 Å². The number of rotatable bonds is 13. The Morgan fingerprint density at radius 2 is 1.62 bits per heavy atom. The van der Waals surface area contributed by atoms with Crippen LogP contribution >= 0.6 is 0 Å². The van der Waals surface area contributed by atoms with Gasteiger partial charge in [-0.1, -0.05) is 70.2 Å². The number of hydrogen-bond acceptors (Lipinski definition) is 5. The second-order valence-electron chi connectivity index (χ2n) is 9.63. The van der Waals surface area contributed by atoms with Gasteiger partial charge in [-0.25, -0.2) is 5.48 Å². The molecule has 1 rings (SSSR count). The molecule has 1 unspecified atom stereocenters. The summed E-state index contributed by atoms with van der Waals surface area (Å²) < 4.78 is 0. The maximum atomic E-state index is 13.4. The van der Waals surface area contributed by atoms with Crippen LogP contribution in [0.2, 0.25) is 0 Å². The molecule has 0 aliphatic rings. The molecule has 1 aromatic rings. The Hall–Kier alpha value is -2.71. The van der Waals surface area contributed by atoms with Gasteiger partial charge in [0.1, 0.15) is 0 Å². The fraction of sp³-hybridized carbons (Fsp3) is 0.577. The second-order valence-corrected chi connectivity index (χ2v) is 9.63. The van der Waals surface area contributed by atoms with Gasteiger partial charge in [0.2, 0.25) is 17.7 Å². The summed E-state index contributed by atoms with van der Waals surface area (Å²) in [6.45, 7) is 9.69. The van der Waals surface area contributed by atoms with E-state index in [9.17, 15) is 24.7 Å². The van der Waals surface area contributed by atoms with Crippen LogP contribution in [0.4, 0.5) is 0 Å². The Bertz CT molecular complexity index is 793. The average Bonchev–Trinajstić information content (AvgIpc) is 2.78. The predicted molar refractivity (Wildman–Crippen MR) is 132 cm³/mol. The van der Waals surface area contributed by atoms with E-state index in [0.717, 1.165) is 5.56 Å². The molecule has 4 N–H and O–H groups in total. The van der Waals surface area contributed by atoms with Gasteiger partial charge in [0.05, 0.1) is 17.9 Å². The van der Waals surface area contributed by atoms with E-state index < -0.39 is 29.8 Å². The molecule has 0 bridgehead atoms. The Morgan fingerprint density at radius 3 is 2.15 bits per heavy atom. The molecule has 0 saturated heterocycles. The van der Waals surface area contributed by atoms with Gasteiger partial charge < -0.3 is 5.11 Å². The lowest BCUT2D eigenvalue weighted by Gasteiger charge is -2.30. The minimum absolute atomic E-state index is 0.0971. The minimum atomic E-state index is -0.819. The zero-order valence-electron chi connectivity index (χ0n) is 21.0. The van der Waals surface area contributed by atoms with Gasteiger partial charge in [-0.15, -0.1) is 0 Å². The van der Waals surface area contributed by atoms with Gasteiger partial charge in [0.15, 0.2) is 0 Å². The fourth-order valence-corrected chi connectivity index (χ4v) is 3.67. The Labute approximate surface area is 203 Å². The number of carbonyl (C=O) groups is 3. The van der Waals surface area contributed by atoms with E-state index in [1.54, 1.807) is 12.4 Å². The van der Waals surface area contributed by atoms with Crippen LogP contribution in [0.5, 0.6) is 0 Å². The van der Waals surface area contributed by atoms with E-state index in [2.05, 4.69) is 5.43 Å². The van der Waals surface area contributed by atoms with Crippen molar-refractivity contribution in [2.45, 2.75) is 66.4 Å². The number of hydroxylamine groups is 1. The maximum absolute atomic E-state index is 13.4. The van der Waals surface area contributed by atoms with Crippen molar-refractivity contribution in [1.82, 2.24) is 15.9 Å². The summed E-state index contributed by atoms with van der Waals surface area (Å²) in [5.41, 5.74) is 5.39. The number of nitrogens with one attached hydrogen (secondary N) is 2. The Morgan fingerprint density at radius 1 is 0.971 bits per heavy atom. The molecule has 1 aromatic carbocycles. The standard InChI is InChI=1S/C26H41N3O5/c1-18(2)16-23(22(26(33)28-34)13-9-12-21-10-7-6-8-11-21)25(32)27-29(17-19(3)4)24(31)15-14-20(5)30/h6-12,18-20,22-23,30,34H,13-17H2,1-5H3,(H,27,32)(H,28,33)/b12-9+/t20?,22-,23+/m0/s1. The smallest absolute Gasteiger partial charge is 0.247 e. The van der Waals surface area contributed by atoms with Gasteiger partial charge in [-0.3, -0.25) is 30.0 Å². The summed E-state index contributed by atoms with van der Waals surface area (Å²) in [6.07, 6.45) is 4.09. The third-order valence-electron chi connectivity index (χ3n) is 5.36. The number of benzene rings is 1. The highest BCUT2D eigenvalue weighted by Gasteiger charge is 2.35. The zero-order valence-corrected chi connectivity index (χ0v) is 21.0. The summed E-state index contributed by atoms with van der Waals surface area (Å²) in [7, 11) is 0. The molecule has 8 nitrogen and oxygen atoms in total. The van der Waals surface area contributed by atoms with Gasteiger partial charge >= 0.3 is 0 Å². The van der Waals surface area contributed by atoms with Gasteiger partial charge in [-0.05, 0) is 43.6 Å². The van der Waals surface area contributed by atoms with E-state index >= 15 is 0 Å². The highest BCUT2D eigenvalue weighted by molar-refractivity contribution is 5.89. The van der Waals surface area contributed by atoms with Crippen LogP contribution in [0.25, 0.3) is 6.08 Å². The van der Waals surface area contributed by atoms with Crippen molar-refractivity contribution in [3.05, 3.63) is 42.0 Å². The van der Waals surface area contributed by atoms with Crippen LogP contribution < -0.4 is 10.9 Å². The van der Waals surface area contributed by atoms with Crippen LogP contribution in [-0.4, -0.2) is 45.7 Å². The molecular weight excluding hydrogens is 434 g/mol. The lowest BCUT2D eigenvalue weighted by molar-refractivity contribution is -0.148. The van der Waals surface area contributed by atoms with Crippen LogP contribution in [0.1, 0.15) is 65.9 Å². The molecular formula is C26H41N3O5. The molecule has 0 aliphatic heterocycles. The summed E-state index contributed by atoms with van der Waals surface area (Å²) in [6, 6.07) is 9.58. The van der Waals surface area contributed by atoms with Gasteiger partial charge in [-0.2, -0.15) is 0 Å². The molecule has 0 aliphatic carbocycles. The van der Waals surface area contributed by atoms with Crippen molar-refractivity contribution in [1.29, 1.82) is 0 Å². The number of hydrogen-bond donors (Lipinski definition) is 4. The topological polar surface area (TPSA) is 119 Å². The van der Waals surface area contributed by atoms with E-state index in [4.69, 9.17) is 0 Å². The summed E-state index contributed by atoms with van der Waals surface area (Å²) >= 11 is 0. The van der Waals surface area contributed by atoms with Crippen molar-refractivity contribution in [2.24, 2.45) is 23.7 Å². The minimum Gasteiger partial charge on any atom is -0.393 e. The molecule has 0 aromatic heterocycles. The van der Waals surface area contributed by atoms with Crippen LogP contribution in [0.3, 0.4) is 0 Å². The lowest BCUT2D eigenvalue weighted by Crippen LogP contribution is -2.52. The van der Waals surface area contributed by atoms with Crippen molar-refractivity contribution < 1.29 is 24.7 Å². The molecule has 190 valence electrons. The Balaban J connectivity index is 3.10. The molecule has 0 heterocycles.